The van der Waals surface area contributed by atoms with Crippen LogP contribution in [0.5, 0.6) is 5.88 Å². The molecule has 4 aliphatic carbocycles. The lowest BCUT2D eigenvalue weighted by molar-refractivity contribution is -0.129. The van der Waals surface area contributed by atoms with Gasteiger partial charge in [-0.15, -0.1) is 0 Å². The molecule has 1 aromatic heterocycles. The van der Waals surface area contributed by atoms with Crippen LogP contribution in [0, 0.1) is 17.8 Å². The molecule has 0 atom stereocenters. The molecule has 8 nitrogen and oxygen atoms in total. The van der Waals surface area contributed by atoms with E-state index in [0.29, 0.717) is 49.4 Å². The molecule has 4 fully saturated rings. The molecule has 5 aliphatic rings. The first-order valence-electron chi connectivity index (χ1n) is 11.8. The molecule has 6 rings (SSSR count). The number of carbonyl (C=O) groups is 1. The number of aromatic nitrogens is 2. The van der Waals surface area contributed by atoms with Gasteiger partial charge in [-0.3, -0.25) is 19.1 Å². The Labute approximate surface area is 181 Å². The van der Waals surface area contributed by atoms with Gasteiger partial charge in [0.25, 0.3) is 0 Å². The van der Waals surface area contributed by atoms with Crippen molar-refractivity contribution in [3.63, 3.8) is 0 Å². The molecule has 4 saturated carbocycles. The van der Waals surface area contributed by atoms with Crippen molar-refractivity contribution in [2.24, 2.45) is 17.8 Å². The molecule has 0 unspecified atom stereocenters. The maximum Gasteiger partial charge on any atom is 0.332 e. The fraction of sp³-hybridized carbons (Fsp3) is 0.739. The van der Waals surface area contributed by atoms with Gasteiger partial charge in [0.15, 0.2) is 0 Å². The quantitative estimate of drug-likeness (QED) is 0.455. The second-order valence-corrected chi connectivity index (χ2v) is 10.3. The summed E-state index contributed by atoms with van der Waals surface area (Å²) in [5, 5.41) is 20.1. The van der Waals surface area contributed by atoms with Crippen LogP contribution in [0.2, 0.25) is 0 Å². The average Bonchev–Trinajstić information content (AvgIpc) is 2.97. The number of hydrogen-bond acceptors (Lipinski definition) is 5. The van der Waals surface area contributed by atoms with Crippen molar-refractivity contribution in [1.82, 2.24) is 14.6 Å². The number of carbonyl (C=O) groups excluding carboxylic acids is 1. The Balaban J connectivity index is 1.51. The van der Waals surface area contributed by atoms with Crippen LogP contribution < -0.4 is 11.2 Å². The van der Waals surface area contributed by atoms with Gasteiger partial charge in [-0.05, 0) is 87.5 Å². The number of nitrogens with zero attached hydrogens (tertiary/aromatic N) is 2. The zero-order valence-corrected chi connectivity index (χ0v) is 18.0. The Hall–Kier alpha value is -2.22. The maximum absolute atomic E-state index is 13.7. The van der Waals surface area contributed by atoms with E-state index in [1.807, 2.05) is 0 Å². The summed E-state index contributed by atoms with van der Waals surface area (Å²) in [5.74, 6) is 1.59. The minimum atomic E-state index is -0.461. The Morgan fingerprint density at radius 3 is 2.45 bits per heavy atom. The molecule has 31 heavy (non-hydrogen) atoms. The Bertz CT molecular complexity index is 908. The molecule has 1 aromatic rings. The number of amides is 1. The molecule has 0 saturated heterocycles. The number of aromatic hydroxyl groups is 1. The lowest BCUT2D eigenvalue weighted by Crippen LogP contribution is -2.54. The molecular weight excluding hydrogens is 398 g/mol. The summed E-state index contributed by atoms with van der Waals surface area (Å²) in [6.45, 7) is 1.11. The van der Waals surface area contributed by atoms with E-state index < -0.39 is 5.91 Å². The topological polar surface area (TPSA) is 106 Å². The molecule has 170 valence electrons. The second kappa shape index (κ2) is 8.04. The summed E-state index contributed by atoms with van der Waals surface area (Å²) in [4.78, 5) is 25.2. The van der Waals surface area contributed by atoms with Gasteiger partial charge in [-0.2, -0.15) is 0 Å². The van der Waals surface area contributed by atoms with E-state index in [0.717, 1.165) is 37.7 Å². The molecule has 0 radical (unpaired) electrons. The van der Waals surface area contributed by atoms with Gasteiger partial charge in [0, 0.05) is 6.42 Å². The molecule has 0 aromatic carbocycles. The Kier molecular flexibility index (Phi) is 5.36. The first-order valence-corrected chi connectivity index (χ1v) is 11.8. The first-order chi connectivity index (χ1) is 15.0. The largest absolute Gasteiger partial charge is 0.501 e. The van der Waals surface area contributed by atoms with Gasteiger partial charge in [0.1, 0.15) is 0 Å². The van der Waals surface area contributed by atoms with Gasteiger partial charge < -0.3 is 9.84 Å². The number of allylic oxidation sites excluding steroid dienone is 1. The van der Waals surface area contributed by atoms with Gasteiger partial charge in [0.05, 0.1) is 30.6 Å². The van der Waals surface area contributed by atoms with Crippen molar-refractivity contribution in [2.75, 3.05) is 6.61 Å². The zero-order valence-electron chi connectivity index (χ0n) is 18.0. The van der Waals surface area contributed by atoms with E-state index in [1.54, 1.807) is 20.9 Å². The van der Waals surface area contributed by atoms with Gasteiger partial charge >= 0.3 is 5.69 Å². The van der Waals surface area contributed by atoms with Crippen LogP contribution in [-0.4, -0.2) is 32.0 Å². The van der Waals surface area contributed by atoms with Crippen LogP contribution >= 0.6 is 0 Å². The van der Waals surface area contributed by atoms with E-state index in [2.05, 4.69) is 0 Å². The number of rotatable bonds is 7. The predicted octanol–water partition coefficient (Wildman–Crippen LogP) is 2.80. The van der Waals surface area contributed by atoms with Crippen molar-refractivity contribution in [3.05, 3.63) is 28.0 Å². The van der Waals surface area contributed by atoms with Crippen molar-refractivity contribution in [3.8, 4) is 5.88 Å². The third-order valence-corrected chi connectivity index (χ3v) is 8.01. The predicted molar refractivity (Wildman–Crippen MR) is 113 cm³/mol. The highest BCUT2D eigenvalue weighted by Gasteiger charge is 2.53. The molecule has 4 bridgehead atoms. The number of hydroxylamine groups is 1. The molecule has 1 aliphatic heterocycles. The molecule has 1 amide bonds. The normalized spacial score (nSPS) is 31.4. The Morgan fingerprint density at radius 2 is 1.87 bits per heavy atom. The van der Waals surface area contributed by atoms with Crippen molar-refractivity contribution < 1.29 is 19.8 Å². The van der Waals surface area contributed by atoms with Crippen LogP contribution in [0.3, 0.4) is 0 Å². The third-order valence-electron chi connectivity index (χ3n) is 8.01. The molecule has 3 N–H and O–H groups in total. The van der Waals surface area contributed by atoms with Gasteiger partial charge in [0.2, 0.25) is 11.8 Å². The third kappa shape index (κ3) is 3.69. The van der Waals surface area contributed by atoms with Crippen LogP contribution in [0.4, 0.5) is 0 Å². The van der Waals surface area contributed by atoms with Gasteiger partial charge in [-0.1, -0.05) is 0 Å². The highest BCUT2D eigenvalue weighted by atomic mass is 16.5. The number of imidazole rings is 1. The van der Waals surface area contributed by atoms with Gasteiger partial charge in [-0.25, -0.2) is 10.3 Å². The standard InChI is InChI=1S/C23H33N3O5/c27-20(24-30)5-1-4-19-21(28)26(22(29)25(19)13-15-3-2-6-31-14-15)23-10-16-7-17(11-23)9-18(8-16)12-23/h14,16-18,28,30H,1-13H2,(H,24,27). The second-order valence-electron chi connectivity index (χ2n) is 10.3. The van der Waals surface area contributed by atoms with Crippen LogP contribution in [0.1, 0.15) is 69.9 Å². The highest BCUT2D eigenvalue weighted by Crippen LogP contribution is 2.59. The minimum absolute atomic E-state index is 0.0775. The fourth-order valence-electron chi connectivity index (χ4n) is 7.16. The molecule has 0 spiro atoms. The molecule has 2 heterocycles. The zero-order chi connectivity index (χ0) is 21.6. The summed E-state index contributed by atoms with van der Waals surface area (Å²) in [5.41, 5.74) is 2.89. The van der Waals surface area contributed by atoms with E-state index in [-0.39, 0.29) is 23.5 Å². The summed E-state index contributed by atoms with van der Waals surface area (Å²) >= 11 is 0. The lowest BCUT2D eigenvalue weighted by atomic mass is 9.53. The van der Waals surface area contributed by atoms with Crippen LogP contribution in [-0.2, 0) is 28.0 Å². The van der Waals surface area contributed by atoms with E-state index in [9.17, 15) is 14.7 Å². The summed E-state index contributed by atoms with van der Waals surface area (Å²) in [6.07, 6.45) is 11.3. The van der Waals surface area contributed by atoms with E-state index in [4.69, 9.17) is 9.94 Å². The van der Waals surface area contributed by atoms with Crippen molar-refractivity contribution >= 4 is 5.91 Å². The Morgan fingerprint density at radius 1 is 1.19 bits per heavy atom. The number of nitrogens with one attached hydrogen (secondary N) is 1. The summed E-state index contributed by atoms with van der Waals surface area (Å²) < 4.78 is 8.90. The monoisotopic (exact) mass is 431 g/mol. The van der Waals surface area contributed by atoms with E-state index >= 15 is 0 Å². The van der Waals surface area contributed by atoms with Crippen LogP contribution in [0.15, 0.2) is 16.6 Å². The van der Waals surface area contributed by atoms with E-state index in [1.165, 1.54) is 19.3 Å². The summed E-state index contributed by atoms with van der Waals surface area (Å²) in [6, 6.07) is 0. The minimum Gasteiger partial charge on any atom is -0.501 e. The van der Waals surface area contributed by atoms with Crippen molar-refractivity contribution in [2.45, 2.75) is 82.7 Å². The first kappa shape index (κ1) is 20.7. The lowest BCUT2D eigenvalue weighted by Gasteiger charge is -2.56. The molecular formula is C23H33N3O5. The number of hydrogen-bond donors (Lipinski definition) is 3. The number of ether oxygens (including phenoxy) is 1. The van der Waals surface area contributed by atoms with Crippen LogP contribution in [0.25, 0.3) is 0 Å². The summed E-state index contributed by atoms with van der Waals surface area (Å²) in [7, 11) is 0. The molecule has 8 heteroatoms. The fourth-order valence-corrected chi connectivity index (χ4v) is 7.16. The van der Waals surface area contributed by atoms with Crippen molar-refractivity contribution in [1.29, 1.82) is 0 Å². The average molecular weight is 432 g/mol. The maximum atomic E-state index is 13.7. The highest BCUT2D eigenvalue weighted by molar-refractivity contribution is 5.74. The SMILES string of the molecule is O=C(CCCc1c(O)n(C23CC4CC(CC(C4)C2)C3)c(=O)n1CC1=COCCC1)NO. The smallest absolute Gasteiger partial charge is 0.332 e.